The first-order valence-electron chi connectivity index (χ1n) is 5.81. The minimum Gasteiger partial charge on any atom is -0.481 e. The lowest BCUT2D eigenvalue weighted by Gasteiger charge is -2.21. The van der Waals surface area contributed by atoms with Crippen molar-refractivity contribution in [1.82, 2.24) is 0 Å². The Labute approximate surface area is 106 Å². The Morgan fingerprint density at radius 2 is 2.11 bits per heavy atom. The van der Waals surface area contributed by atoms with Crippen LogP contribution in [0.1, 0.15) is 27.2 Å². The van der Waals surface area contributed by atoms with E-state index >= 15 is 0 Å². The van der Waals surface area contributed by atoms with Crippen molar-refractivity contribution < 1.29 is 24.2 Å². The summed E-state index contributed by atoms with van der Waals surface area (Å²) in [6.07, 6.45) is 2.85. The third-order valence-corrected chi connectivity index (χ3v) is 2.56. The Bertz CT molecular complexity index is 389. The zero-order valence-corrected chi connectivity index (χ0v) is 10.8. The molecule has 100 valence electrons. The van der Waals surface area contributed by atoms with Crippen molar-refractivity contribution in [2.75, 3.05) is 6.61 Å². The summed E-state index contributed by atoms with van der Waals surface area (Å²) in [5.74, 6) is -4.08. The van der Waals surface area contributed by atoms with E-state index in [0.717, 1.165) is 0 Å². The van der Waals surface area contributed by atoms with Crippen molar-refractivity contribution in [2.24, 2.45) is 17.3 Å². The van der Waals surface area contributed by atoms with Gasteiger partial charge in [-0.2, -0.15) is 0 Å². The Morgan fingerprint density at radius 1 is 1.50 bits per heavy atom. The highest BCUT2D eigenvalue weighted by atomic mass is 16.5. The molecule has 0 spiro atoms. The lowest BCUT2D eigenvalue weighted by molar-refractivity contribution is -0.162. The normalized spacial score (nSPS) is 20.8. The van der Waals surface area contributed by atoms with Gasteiger partial charge in [-0.1, -0.05) is 26.8 Å². The maximum Gasteiger partial charge on any atom is 0.320 e. The molecule has 0 amide bonds. The van der Waals surface area contributed by atoms with Crippen LogP contribution in [0.4, 0.5) is 0 Å². The standard InChI is InChI=1S/C13H18O5/c1-13(2,3)7-18-12(17)10(11(15)16)8-4-5-9(14)6-8/h4-5,8,10H,6-7H2,1-3H3,(H,15,16). The van der Waals surface area contributed by atoms with Crippen molar-refractivity contribution in [2.45, 2.75) is 27.2 Å². The van der Waals surface area contributed by atoms with E-state index < -0.39 is 23.8 Å². The van der Waals surface area contributed by atoms with Gasteiger partial charge in [-0.3, -0.25) is 14.4 Å². The molecule has 0 bridgehead atoms. The second kappa shape index (κ2) is 5.33. The van der Waals surface area contributed by atoms with Crippen molar-refractivity contribution in [3.8, 4) is 0 Å². The van der Waals surface area contributed by atoms with Crippen LogP contribution in [0.2, 0.25) is 0 Å². The van der Waals surface area contributed by atoms with Crippen molar-refractivity contribution in [3.05, 3.63) is 12.2 Å². The molecule has 0 aliphatic heterocycles. The number of esters is 1. The van der Waals surface area contributed by atoms with Gasteiger partial charge in [0.15, 0.2) is 11.7 Å². The predicted octanol–water partition coefficient (Wildman–Crippen LogP) is 1.42. The summed E-state index contributed by atoms with van der Waals surface area (Å²) in [4.78, 5) is 34.0. The molecule has 5 heteroatoms. The van der Waals surface area contributed by atoms with Gasteiger partial charge in [0.25, 0.3) is 0 Å². The van der Waals surface area contributed by atoms with Crippen LogP contribution in [-0.2, 0) is 19.1 Å². The fourth-order valence-electron chi connectivity index (χ4n) is 1.66. The summed E-state index contributed by atoms with van der Waals surface area (Å²) in [5.41, 5.74) is -0.222. The molecule has 0 aromatic rings. The number of ether oxygens (including phenoxy) is 1. The molecule has 0 heterocycles. The van der Waals surface area contributed by atoms with E-state index in [-0.39, 0.29) is 24.2 Å². The Hall–Kier alpha value is -1.65. The number of hydrogen-bond donors (Lipinski definition) is 1. The van der Waals surface area contributed by atoms with Gasteiger partial charge < -0.3 is 9.84 Å². The van der Waals surface area contributed by atoms with Gasteiger partial charge in [0.1, 0.15) is 0 Å². The number of carbonyl (C=O) groups excluding carboxylic acids is 2. The Balaban J connectivity index is 2.68. The van der Waals surface area contributed by atoms with Crippen molar-refractivity contribution >= 4 is 17.7 Å². The lowest BCUT2D eigenvalue weighted by atomic mass is 9.91. The van der Waals surface area contributed by atoms with Crippen molar-refractivity contribution in [3.63, 3.8) is 0 Å². The maximum atomic E-state index is 11.8. The summed E-state index contributed by atoms with van der Waals surface area (Å²) in [5, 5.41) is 9.07. The summed E-state index contributed by atoms with van der Waals surface area (Å²) < 4.78 is 5.01. The molecular weight excluding hydrogens is 236 g/mol. The Kier molecular flexibility index (Phi) is 4.27. The third-order valence-electron chi connectivity index (χ3n) is 2.56. The summed E-state index contributed by atoms with van der Waals surface area (Å²) in [6, 6.07) is 0. The highest BCUT2D eigenvalue weighted by Crippen LogP contribution is 2.25. The third kappa shape index (κ3) is 3.98. The second-order valence-corrected chi connectivity index (χ2v) is 5.68. The molecule has 2 unspecified atom stereocenters. The first-order chi connectivity index (χ1) is 8.20. The summed E-state index contributed by atoms with van der Waals surface area (Å²) in [6.45, 7) is 5.80. The maximum absolute atomic E-state index is 11.8. The van der Waals surface area contributed by atoms with E-state index in [4.69, 9.17) is 9.84 Å². The number of ketones is 1. The minimum atomic E-state index is -1.30. The minimum absolute atomic E-state index is 0.0571. The molecular formula is C13H18O5. The SMILES string of the molecule is CC(C)(C)COC(=O)C(C(=O)O)C1C=CC(=O)C1. The average molecular weight is 254 g/mol. The van der Waals surface area contributed by atoms with Crippen LogP contribution in [0.5, 0.6) is 0 Å². The van der Waals surface area contributed by atoms with Gasteiger partial charge >= 0.3 is 11.9 Å². The average Bonchev–Trinajstić information content (AvgIpc) is 2.60. The number of rotatable bonds is 4. The number of carbonyl (C=O) groups is 3. The molecule has 5 nitrogen and oxygen atoms in total. The molecule has 1 rings (SSSR count). The van der Waals surface area contributed by atoms with Crippen LogP contribution < -0.4 is 0 Å². The predicted molar refractivity (Wildman–Crippen MR) is 63.8 cm³/mol. The van der Waals surface area contributed by atoms with Crippen molar-refractivity contribution in [1.29, 1.82) is 0 Å². The highest BCUT2D eigenvalue weighted by Gasteiger charge is 2.38. The van der Waals surface area contributed by atoms with E-state index in [1.165, 1.54) is 12.2 Å². The second-order valence-electron chi connectivity index (χ2n) is 5.68. The summed E-state index contributed by atoms with van der Waals surface area (Å²) in [7, 11) is 0. The molecule has 0 saturated heterocycles. The number of carboxylic acid groups (broad SMARTS) is 1. The molecule has 1 aliphatic carbocycles. The molecule has 0 fully saturated rings. The van der Waals surface area contributed by atoms with E-state index in [1.807, 2.05) is 20.8 Å². The van der Waals surface area contributed by atoms with Crippen LogP contribution in [0.3, 0.4) is 0 Å². The molecule has 0 radical (unpaired) electrons. The van der Waals surface area contributed by atoms with Crippen LogP contribution in [-0.4, -0.2) is 29.4 Å². The van der Waals surface area contributed by atoms with Gasteiger partial charge in [-0.05, 0) is 11.5 Å². The Morgan fingerprint density at radius 3 is 2.50 bits per heavy atom. The molecule has 2 atom stereocenters. The fourth-order valence-corrected chi connectivity index (χ4v) is 1.66. The summed E-state index contributed by atoms with van der Waals surface area (Å²) >= 11 is 0. The van der Waals surface area contributed by atoms with Gasteiger partial charge in [0.05, 0.1) is 6.61 Å². The molecule has 18 heavy (non-hydrogen) atoms. The largest absolute Gasteiger partial charge is 0.481 e. The number of carboxylic acids is 1. The molecule has 1 aliphatic rings. The zero-order chi connectivity index (χ0) is 13.9. The van der Waals surface area contributed by atoms with Gasteiger partial charge in [-0.15, -0.1) is 0 Å². The number of allylic oxidation sites excluding steroid dienone is 2. The highest BCUT2D eigenvalue weighted by molar-refractivity contribution is 5.98. The van der Waals surface area contributed by atoms with E-state index in [9.17, 15) is 14.4 Å². The van der Waals surface area contributed by atoms with Crippen LogP contribution in [0, 0.1) is 17.3 Å². The van der Waals surface area contributed by atoms with Crippen LogP contribution >= 0.6 is 0 Å². The monoisotopic (exact) mass is 254 g/mol. The number of hydrogen-bond acceptors (Lipinski definition) is 4. The first-order valence-corrected chi connectivity index (χ1v) is 5.81. The topological polar surface area (TPSA) is 80.7 Å². The molecule has 0 aromatic carbocycles. The lowest BCUT2D eigenvalue weighted by Crippen LogP contribution is -2.33. The molecule has 0 aromatic heterocycles. The fraction of sp³-hybridized carbons (Fsp3) is 0.615. The zero-order valence-electron chi connectivity index (χ0n) is 10.8. The van der Waals surface area contributed by atoms with Gasteiger partial charge in [0.2, 0.25) is 0 Å². The molecule has 0 saturated carbocycles. The smallest absolute Gasteiger partial charge is 0.320 e. The first kappa shape index (κ1) is 14.4. The number of aliphatic carboxylic acids is 1. The van der Waals surface area contributed by atoms with E-state index in [2.05, 4.69) is 0 Å². The van der Waals surface area contributed by atoms with E-state index in [1.54, 1.807) is 0 Å². The molecule has 1 N–H and O–H groups in total. The van der Waals surface area contributed by atoms with E-state index in [0.29, 0.717) is 0 Å². The van der Waals surface area contributed by atoms with Crippen LogP contribution in [0.15, 0.2) is 12.2 Å². The van der Waals surface area contributed by atoms with Gasteiger partial charge in [-0.25, -0.2) is 0 Å². The van der Waals surface area contributed by atoms with Gasteiger partial charge in [0, 0.05) is 12.3 Å². The quantitative estimate of drug-likeness (QED) is 0.606. The van der Waals surface area contributed by atoms with Crippen LogP contribution in [0.25, 0.3) is 0 Å².